The summed E-state index contributed by atoms with van der Waals surface area (Å²) in [7, 11) is 5.78. The highest BCUT2D eigenvalue weighted by molar-refractivity contribution is 14.0. The zero-order valence-corrected chi connectivity index (χ0v) is 19.1. The van der Waals surface area contributed by atoms with Crippen LogP contribution >= 0.6 is 39.9 Å². The van der Waals surface area contributed by atoms with Crippen LogP contribution in [0.3, 0.4) is 0 Å². The Morgan fingerprint density at radius 1 is 1.44 bits per heavy atom. The van der Waals surface area contributed by atoms with E-state index in [1.807, 2.05) is 20.3 Å². The number of hydrogen-bond donors (Lipinski definition) is 2. The fourth-order valence-corrected chi connectivity index (χ4v) is 3.66. The van der Waals surface area contributed by atoms with Crippen molar-refractivity contribution in [2.75, 3.05) is 20.6 Å². The zero-order chi connectivity index (χ0) is 17.5. The fraction of sp³-hybridized carbons (Fsp3) is 0.647. The van der Waals surface area contributed by atoms with Crippen LogP contribution in [0.2, 0.25) is 0 Å². The van der Waals surface area contributed by atoms with Gasteiger partial charge < -0.3 is 20.1 Å². The molecule has 0 spiro atoms. The lowest BCUT2D eigenvalue weighted by Gasteiger charge is -2.22. The minimum Gasteiger partial charge on any atom is -0.356 e. The Kier molecular flexibility index (Phi) is 9.84. The van der Waals surface area contributed by atoms with Crippen LogP contribution < -0.4 is 10.6 Å². The quantitative estimate of drug-likeness (QED) is 0.341. The molecule has 0 saturated heterocycles. The van der Waals surface area contributed by atoms with Gasteiger partial charge in [-0.2, -0.15) is 0 Å². The number of aliphatic imine (C=N–C) groups is 1. The number of aryl methyl sites for hydroxylation is 1. The van der Waals surface area contributed by atoms with E-state index in [1.54, 1.807) is 7.05 Å². The first-order valence-electron chi connectivity index (χ1n) is 8.51. The van der Waals surface area contributed by atoms with Gasteiger partial charge in [-0.3, -0.25) is 9.79 Å². The Morgan fingerprint density at radius 3 is 2.68 bits per heavy atom. The van der Waals surface area contributed by atoms with E-state index in [1.165, 1.54) is 18.5 Å². The Bertz CT molecular complexity index is 584. The number of nitrogens with one attached hydrogen (secondary N) is 2. The molecule has 1 aromatic heterocycles. The molecule has 1 aliphatic carbocycles. The Morgan fingerprint density at radius 2 is 2.12 bits per heavy atom. The molecule has 1 fully saturated rings. The summed E-state index contributed by atoms with van der Waals surface area (Å²) in [6.07, 6.45) is 7.21. The van der Waals surface area contributed by atoms with E-state index in [4.69, 9.17) is 0 Å². The van der Waals surface area contributed by atoms with Gasteiger partial charge in [-0.1, -0.05) is 12.8 Å². The van der Waals surface area contributed by atoms with E-state index in [0.717, 1.165) is 29.8 Å². The second kappa shape index (κ2) is 11.1. The number of nitrogens with zero attached hydrogens (tertiary/aromatic N) is 3. The van der Waals surface area contributed by atoms with E-state index in [-0.39, 0.29) is 29.9 Å². The van der Waals surface area contributed by atoms with Crippen LogP contribution in [0.4, 0.5) is 0 Å². The minimum atomic E-state index is 0. The highest BCUT2D eigenvalue weighted by atomic mass is 127. The van der Waals surface area contributed by atoms with Crippen molar-refractivity contribution in [2.45, 2.75) is 44.7 Å². The number of guanidine groups is 1. The largest absolute Gasteiger partial charge is 0.356 e. The second-order valence-electron chi connectivity index (χ2n) is 6.39. The van der Waals surface area contributed by atoms with Crippen molar-refractivity contribution >= 4 is 51.8 Å². The van der Waals surface area contributed by atoms with Crippen molar-refractivity contribution in [2.24, 2.45) is 12.0 Å². The lowest BCUT2D eigenvalue weighted by atomic mass is 10.2. The first kappa shape index (κ1) is 22.3. The maximum Gasteiger partial charge on any atom is 0.221 e. The predicted octanol–water partition coefficient (Wildman–Crippen LogP) is 2.86. The minimum absolute atomic E-state index is 0. The topological polar surface area (TPSA) is 61.7 Å². The lowest BCUT2D eigenvalue weighted by molar-refractivity contribution is -0.121. The van der Waals surface area contributed by atoms with Crippen LogP contribution in [0, 0.1) is 0 Å². The maximum absolute atomic E-state index is 12.0. The van der Waals surface area contributed by atoms with E-state index in [0.29, 0.717) is 19.0 Å². The van der Waals surface area contributed by atoms with Crippen molar-refractivity contribution in [1.29, 1.82) is 0 Å². The molecule has 0 aromatic carbocycles. The maximum atomic E-state index is 12.0. The van der Waals surface area contributed by atoms with Gasteiger partial charge in [0, 0.05) is 56.5 Å². The van der Waals surface area contributed by atoms with Crippen LogP contribution in [0.5, 0.6) is 0 Å². The normalized spacial score (nSPS) is 15.0. The Hall–Kier alpha value is -0.770. The molecule has 6 nitrogen and oxygen atoms in total. The van der Waals surface area contributed by atoms with E-state index in [2.05, 4.69) is 47.1 Å². The lowest BCUT2D eigenvalue weighted by Crippen LogP contribution is -2.41. The van der Waals surface area contributed by atoms with Gasteiger partial charge in [0.25, 0.3) is 0 Å². The predicted molar refractivity (Wildman–Crippen MR) is 116 cm³/mol. The Labute approximate surface area is 176 Å². The monoisotopic (exact) mass is 525 g/mol. The third-order valence-corrected chi connectivity index (χ3v) is 4.84. The third kappa shape index (κ3) is 7.16. The molecule has 1 aromatic rings. The van der Waals surface area contributed by atoms with Crippen molar-refractivity contribution < 1.29 is 4.79 Å². The van der Waals surface area contributed by atoms with Gasteiger partial charge in [-0.05, 0) is 34.8 Å². The molecule has 1 aliphatic rings. The number of amides is 1. The molecule has 25 heavy (non-hydrogen) atoms. The molecule has 0 unspecified atom stereocenters. The molecule has 1 heterocycles. The summed E-state index contributed by atoms with van der Waals surface area (Å²) in [5.41, 5.74) is 1.19. The molecule has 1 saturated carbocycles. The molecular formula is C17H29BrIN5O. The molecule has 142 valence electrons. The van der Waals surface area contributed by atoms with Crippen LogP contribution in [-0.4, -0.2) is 48.0 Å². The summed E-state index contributed by atoms with van der Waals surface area (Å²) in [6, 6.07) is 2.48. The van der Waals surface area contributed by atoms with Crippen molar-refractivity contribution in [3.05, 3.63) is 22.4 Å². The molecular weight excluding hydrogens is 497 g/mol. The first-order chi connectivity index (χ1) is 11.5. The highest BCUT2D eigenvalue weighted by Gasteiger charge is 2.17. The summed E-state index contributed by atoms with van der Waals surface area (Å²) in [5, 5.41) is 6.37. The van der Waals surface area contributed by atoms with Crippen molar-refractivity contribution in [3.63, 3.8) is 0 Å². The number of hydrogen-bond acceptors (Lipinski definition) is 2. The standard InChI is InChI=1S/C17H28BrN5O.HI/c1-19-17(23(3)12-15-10-13(18)11-22(15)2)20-9-8-16(24)21-14-6-4-5-7-14;/h10-11,14H,4-9,12H2,1-3H3,(H,19,20)(H,21,24);1H. The van der Waals surface area contributed by atoms with Crippen LogP contribution in [0.1, 0.15) is 37.8 Å². The molecule has 0 atom stereocenters. The number of halogens is 2. The van der Waals surface area contributed by atoms with Crippen LogP contribution in [0.25, 0.3) is 0 Å². The van der Waals surface area contributed by atoms with Gasteiger partial charge in [0.05, 0.1) is 6.54 Å². The van der Waals surface area contributed by atoms with E-state index in [9.17, 15) is 4.79 Å². The second-order valence-corrected chi connectivity index (χ2v) is 7.31. The molecule has 0 bridgehead atoms. The zero-order valence-electron chi connectivity index (χ0n) is 15.2. The van der Waals surface area contributed by atoms with Gasteiger partial charge in [0.15, 0.2) is 5.96 Å². The van der Waals surface area contributed by atoms with Crippen molar-refractivity contribution in [3.8, 4) is 0 Å². The summed E-state index contributed by atoms with van der Waals surface area (Å²) < 4.78 is 3.16. The van der Waals surface area contributed by atoms with Gasteiger partial charge in [0.2, 0.25) is 5.91 Å². The summed E-state index contributed by atoms with van der Waals surface area (Å²) in [4.78, 5) is 18.3. The Balaban J connectivity index is 0.00000312. The summed E-state index contributed by atoms with van der Waals surface area (Å²) in [5.74, 6) is 0.917. The van der Waals surface area contributed by atoms with Gasteiger partial charge >= 0.3 is 0 Å². The van der Waals surface area contributed by atoms with E-state index >= 15 is 0 Å². The molecule has 2 rings (SSSR count). The molecule has 0 radical (unpaired) electrons. The summed E-state index contributed by atoms with van der Waals surface area (Å²) >= 11 is 3.49. The first-order valence-corrected chi connectivity index (χ1v) is 9.30. The molecule has 1 amide bonds. The SMILES string of the molecule is CN=C(NCCC(=O)NC1CCCC1)N(C)Cc1cc(Br)cn1C.I. The number of aromatic nitrogens is 1. The third-order valence-electron chi connectivity index (χ3n) is 4.40. The highest BCUT2D eigenvalue weighted by Crippen LogP contribution is 2.17. The van der Waals surface area contributed by atoms with E-state index < -0.39 is 0 Å². The van der Waals surface area contributed by atoms with Gasteiger partial charge in [-0.15, -0.1) is 24.0 Å². The molecule has 8 heteroatoms. The van der Waals surface area contributed by atoms with Gasteiger partial charge in [0.1, 0.15) is 0 Å². The molecule has 0 aliphatic heterocycles. The average molecular weight is 526 g/mol. The van der Waals surface area contributed by atoms with Gasteiger partial charge in [-0.25, -0.2) is 0 Å². The number of rotatable bonds is 6. The molecule has 2 N–H and O–H groups in total. The number of carbonyl (C=O) groups excluding carboxylic acids is 1. The average Bonchev–Trinajstić information content (AvgIpc) is 3.13. The fourth-order valence-electron chi connectivity index (χ4n) is 3.08. The van der Waals surface area contributed by atoms with Crippen LogP contribution in [-0.2, 0) is 18.4 Å². The summed E-state index contributed by atoms with van der Waals surface area (Å²) in [6.45, 7) is 1.34. The number of carbonyl (C=O) groups is 1. The smallest absolute Gasteiger partial charge is 0.221 e. The van der Waals surface area contributed by atoms with Crippen LogP contribution in [0.15, 0.2) is 21.7 Å². The van der Waals surface area contributed by atoms with Crippen molar-refractivity contribution in [1.82, 2.24) is 20.1 Å².